The Hall–Kier alpha value is -2.53. The second-order valence-electron chi connectivity index (χ2n) is 8.38. The molecule has 3 rings (SSSR count). The first-order chi connectivity index (χ1) is 13.9. The van der Waals surface area contributed by atoms with Crippen molar-refractivity contribution in [3.8, 4) is 11.5 Å². The molecule has 0 radical (unpaired) electrons. The average molecular weight is 397 g/mol. The lowest BCUT2D eigenvalue weighted by atomic mass is 9.81. The molecule has 1 saturated heterocycles. The Bertz CT molecular complexity index is 835. The molecule has 1 fully saturated rings. The van der Waals surface area contributed by atoms with Gasteiger partial charge in [-0.25, -0.2) is 0 Å². The molecule has 1 aliphatic rings. The second kappa shape index (κ2) is 8.87. The van der Waals surface area contributed by atoms with Crippen molar-refractivity contribution < 1.29 is 14.3 Å². The van der Waals surface area contributed by atoms with Crippen LogP contribution in [0.3, 0.4) is 0 Å². The van der Waals surface area contributed by atoms with Crippen LogP contribution in [0.1, 0.15) is 37.4 Å². The Morgan fingerprint density at radius 3 is 2.38 bits per heavy atom. The minimum Gasteiger partial charge on any atom is -0.493 e. The summed E-state index contributed by atoms with van der Waals surface area (Å²) in [4.78, 5) is 17.5. The first kappa shape index (κ1) is 21.2. The van der Waals surface area contributed by atoms with Crippen LogP contribution in [0.4, 0.5) is 0 Å². The van der Waals surface area contributed by atoms with Crippen LogP contribution in [0.5, 0.6) is 11.5 Å². The lowest BCUT2D eigenvalue weighted by molar-refractivity contribution is -0.135. The summed E-state index contributed by atoms with van der Waals surface area (Å²) in [6, 6.07) is 16.4. The maximum Gasteiger partial charge on any atom is 0.223 e. The molecule has 2 aromatic carbocycles. The van der Waals surface area contributed by atoms with E-state index >= 15 is 0 Å². The molecule has 5 nitrogen and oxygen atoms in total. The predicted molar refractivity (Wildman–Crippen MR) is 116 cm³/mol. The van der Waals surface area contributed by atoms with E-state index in [0.29, 0.717) is 24.5 Å². The topological polar surface area (TPSA) is 42.0 Å². The second-order valence-corrected chi connectivity index (χ2v) is 8.38. The van der Waals surface area contributed by atoms with Crippen LogP contribution in [0.2, 0.25) is 0 Å². The number of hydrogen-bond acceptors (Lipinski definition) is 4. The number of benzene rings is 2. The van der Waals surface area contributed by atoms with Gasteiger partial charge in [-0.15, -0.1) is 0 Å². The van der Waals surface area contributed by atoms with E-state index in [1.165, 1.54) is 5.56 Å². The quantitative estimate of drug-likeness (QED) is 0.743. The molecule has 156 valence electrons. The van der Waals surface area contributed by atoms with Crippen LogP contribution in [-0.4, -0.2) is 56.6 Å². The molecule has 5 heteroatoms. The number of ether oxygens (including phenoxy) is 2. The van der Waals surface area contributed by atoms with Crippen molar-refractivity contribution in [3.63, 3.8) is 0 Å². The van der Waals surface area contributed by atoms with Gasteiger partial charge in [0.25, 0.3) is 0 Å². The van der Waals surface area contributed by atoms with Crippen LogP contribution >= 0.6 is 0 Å². The number of carbonyl (C=O) groups is 1. The highest BCUT2D eigenvalue weighted by Gasteiger charge is 2.32. The highest BCUT2D eigenvalue weighted by atomic mass is 16.5. The van der Waals surface area contributed by atoms with Gasteiger partial charge in [0.2, 0.25) is 5.91 Å². The summed E-state index contributed by atoms with van der Waals surface area (Å²) in [5, 5.41) is 0. The van der Waals surface area contributed by atoms with Gasteiger partial charge in [-0.3, -0.25) is 9.69 Å². The van der Waals surface area contributed by atoms with Crippen LogP contribution in [0.25, 0.3) is 0 Å². The summed E-state index contributed by atoms with van der Waals surface area (Å²) in [6.07, 6.45) is 0.499. The molecule has 29 heavy (non-hydrogen) atoms. The summed E-state index contributed by atoms with van der Waals surface area (Å²) in [5.41, 5.74) is 2.13. The Labute approximate surface area is 174 Å². The molecular weight excluding hydrogens is 364 g/mol. The number of piperazine rings is 1. The van der Waals surface area contributed by atoms with Crippen molar-refractivity contribution in [1.82, 2.24) is 9.80 Å². The number of nitrogens with zero attached hydrogens (tertiary/aromatic N) is 2. The molecule has 1 heterocycles. The van der Waals surface area contributed by atoms with Gasteiger partial charge in [-0.05, 0) is 35.7 Å². The Morgan fingerprint density at radius 2 is 1.72 bits per heavy atom. The van der Waals surface area contributed by atoms with Crippen molar-refractivity contribution >= 4 is 5.91 Å². The molecule has 0 saturated carbocycles. The van der Waals surface area contributed by atoms with Gasteiger partial charge in [0.05, 0.1) is 20.3 Å². The van der Waals surface area contributed by atoms with Crippen LogP contribution < -0.4 is 9.47 Å². The van der Waals surface area contributed by atoms with Crippen molar-refractivity contribution in [3.05, 3.63) is 59.7 Å². The summed E-state index contributed by atoms with van der Waals surface area (Å²) in [5.74, 6) is 1.64. The van der Waals surface area contributed by atoms with Gasteiger partial charge in [-0.2, -0.15) is 0 Å². The standard InChI is InChI=1S/C24H32N2O3/c1-24(2,19-9-7-6-8-10-19)16-23(27)26-14-13-25(3)20(17-26)18-11-12-21(28-4)22(15-18)29-5/h6-12,15,20H,13-14,16-17H2,1-5H3. The van der Waals surface area contributed by atoms with Gasteiger partial charge < -0.3 is 14.4 Å². The first-order valence-electron chi connectivity index (χ1n) is 10.1. The third kappa shape index (κ3) is 4.73. The normalized spacial score (nSPS) is 17.8. The van der Waals surface area contributed by atoms with Crippen molar-refractivity contribution in [2.45, 2.75) is 31.7 Å². The van der Waals surface area contributed by atoms with Gasteiger partial charge in [-0.1, -0.05) is 50.2 Å². The molecule has 1 atom stereocenters. The van der Waals surface area contributed by atoms with Crippen molar-refractivity contribution in [2.75, 3.05) is 40.9 Å². The monoisotopic (exact) mass is 396 g/mol. The highest BCUT2D eigenvalue weighted by Crippen LogP contribution is 2.34. The molecule has 1 aliphatic heterocycles. The van der Waals surface area contributed by atoms with E-state index in [9.17, 15) is 4.79 Å². The first-order valence-corrected chi connectivity index (χ1v) is 10.1. The third-order valence-corrected chi connectivity index (χ3v) is 5.94. The third-order valence-electron chi connectivity index (χ3n) is 5.94. The molecule has 0 aliphatic carbocycles. The Morgan fingerprint density at radius 1 is 1.03 bits per heavy atom. The fourth-order valence-electron chi connectivity index (χ4n) is 4.00. The van der Waals surface area contributed by atoms with Crippen molar-refractivity contribution in [2.24, 2.45) is 0 Å². The number of methoxy groups -OCH3 is 2. The van der Waals surface area contributed by atoms with Crippen LogP contribution in [-0.2, 0) is 10.2 Å². The summed E-state index contributed by atoms with van der Waals surface area (Å²) >= 11 is 0. The van der Waals surface area contributed by atoms with Gasteiger partial charge in [0.1, 0.15) is 0 Å². The number of rotatable bonds is 6. The SMILES string of the molecule is COc1ccc(C2CN(C(=O)CC(C)(C)c3ccccc3)CCN2C)cc1OC. The molecule has 1 unspecified atom stereocenters. The van der Waals surface area contributed by atoms with Crippen LogP contribution in [0.15, 0.2) is 48.5 Å². The molecular formula is C24H32N2O3. The summed E-state index contributed by atoms with van der Waals surface area (Å²) in [6.45, 7) is 6.56. The van der Waals surface area contributed by atoms with Gasteiger partial charge in [0, 0.05) is 26.1 Å². The van der Waals surface area contributed by atoms with E-state index in [0.717, 1.165) is 18.7 Å². The summed E-state index contributed by atoms with van der Waals surface area (Å²) in [7, 11) is 5.39. The molecule has 0 N–H and O–H groups in total. The lowest BCUT2D eigenvalue weighted by Gasteiger charge is -2.41. The summed E-state index contributed by atoms with van der Waals surface area (Å²) < 4.78 is 10.8. The smallest absolute Gasteiger partial charge is 0.223 e. The number of likely N-dealkylation sites (N-methyl/N-ethyl adjacent to an activating group) is 1. The molecule has 0 spiro atoms. The fraction of sp³-hybridized carbons (Fsp3) is 0.458. The van der Waals surface area contributed by atoms with E-state index in [1.54, 1.807) is 14.2 Å². The zero-order valence-corrected chi connectivity index (χ0v) is 18.1. The fourth-order valence-corrected chi connectivity index (χ4v) is 4.00. The maximum absolute atomic E-state index is 13.2. The van der Waals surface area contributed by atoms with E-state index in [4.69, 9.17) is 9.47 Å². The highest BCUT2D eigenvalue weighted by molar-refractivity contribution is 5.78. The minimum atomic E-state index is -0.194. The van der Waals surface area contributed by atoms with E-state index in [-0.39, 0.29) is 17.4 Å². The zero-order valence-electron chi connectivity index (χ0n) is 18.1. The van der Waals surface area contributed by atoms with Crippen LogP contribution in [0, 0.1) is 0 Å². The average Bonchev–Trinajstić information content (AvgIpc) is 2.73. The molecule has 2 aromatic rings. The zero-order chi connectivity index (χ0) is 21.0. The largest absolute Gasteiger partial charge is 0.493 e. The predicted octanol–water partition coefficient (Wildman–Crippen LogP) is 3.89. The Balaban J connectivity index is 1.75. The molecule has 0 aromatic heterocycles. The minimum absolute atomic E-state index is 0.132. The number of amides is 1. The molecule has 0 bridgehead atoms. The number of carbonyl (C=O) groups excluding carboxylic acids is 1. The van der Waals surface area contributed by atoms with Gasteiger partial charge >= 0.3 is 0 Å². The van der Waals surface area contributed by atoms with E-state index in [1.807, 2.05) is 35.2 Å². The lowest BCUT2D eigenvalue weighted by Crippen LogP contribution is -2.49. The molecule has 1 amide bonds. The van der Waals surface area contributed by atoms with Gasteiger partial charge in [0.15, 0.2) is 11.5 Å². The Kier molecular flexibility index (Phi) is 6.48. The van der Waals surface area contributed by atoms with E-state index in [2.05, 4.69) is 44.0 Å². The maximum atomic E-state index is 13.2. The van der Waals surface area contributed by atoms with E-state index < -0.39 is 0 Å². The van der Waals surface area contributed by atoms with Crippen molar-refractivity contribution in [1.29, 1.82) is 0 Å². The number of hydrogen-bond donors (Lipinski definition) is 0.